The molecule has 0 spiro atoms. The molecule has 0 radical (unpaired) electrons. The molecule has 1 N–H and O–H groups in total. The van der Waals surface area contributed by atoms with Crippen LogP contribution in [0, 0.1) is 0 Å². The van der Waals surface area contributed by atoms with Gasteiger partial charge in [0.2, 0.25) is 5.91 Å². The molecule has 0 aliphatic rings. The predicted molar refractivity (Wildman–Crippen MR) is 93.9 cm³/mol. The number of ether oxygens (including phenoxy) is 1. The first-order chi connectivity index (χ1) is 10.7. The van der Waals surface area contributed by atoms with Crippen molar-refractivity contribution in [2.75, 3.05) is 12.9 Å². The van der Waals surface area contributed by atoms with E-state index >= 15 is 0 Å². The van der Waals surface area contributed by atoms with E-state index in [1.54, 1.807) is 7.11 Å². The van der Waals surface area contributed by atoms with Gasteiger partial charge in [-0.3, -0.25) is 4.79 Å². The zero-order valence-corrected chi connectivity index (χ0v) is 14.7. The number of hydrogen-bond acceptors (Lipinski definition) is 3. The lowest BCUT2D eigenvalue weighted by Crippen LogP contribution is -2.25. The standard InChI is InChI=1S/C17H18BrNO2S/c1-21-11-14-5-3-2-4-13(14)10-19-17(20)12-22-16-8-6-15(18)7-9-16/h2-9H,10-12H2,1H3,(H,19,20). The van der Waals surface area contributed by atoms with Gasteiger partial charge < -0.3 is 10.1 Å². The molecule has 1 amide bonds. The highest BCUT2D eigenvalue weighted by Crippen LogP contribution is 2.20. The number of benzene rings is 2. The van der Waals surface area contributed by atoms with Crippen LogP contribution in [-0.2, 0) is 22.7 Å². The van der Waals surface area contributed by atoms with Crippen LogP contribution >= 0.6 is 27.7 Å². The molecule has 2 aromatic rings. The first-order valence-electron chi connectivity index (χ1n) is 6.90. The topological polar surface area (TPSA) is 38.3 Å². The molecular formula is C17H18BrNO2S. The van der Waals surface area contributed by atoms with Crippen LogP contribution in [0.15, 0.2) is 57.9 Å². The maximum Gasteiger partial charge on any atom is 0.230 e. The van der Waals surface area contributed by atoms with E-state index in [-0.39, 0.29) is 5.91 Å². The number of methoxy groups -OCH3 is 1. The molecule has 116 valence electrons. The predicted octanol–water partition coefficient (Wildman–Crippen LogP) is 4.00. The monoisotopic (exact) mass is 379 g/mol. The van der Waals surface area contributed by atoms with Crippen LogP contribution in [0.25, 0.3) is 0 Å². The zero-order valence-electron chi connectivity index (χ0n) is 12.3. The lowest BCUT2D eigenvalue weighted by atomic mass is 10.1. The van der Waals surface area contributed by atoms with Crippen molar-refractivity contribution < 1.29 is 9.53 Å². The van der Waals surface area contributed by atoms with E-state index < -0.39 is 0 Å². The van der Waals surface area contributed by atoms with Crippen LogP contribution in [0.5, 0.6) is 0 Å². The number of rotatable bonds is 7. The minimum atomic E-state index is 0.0279. The highest BCUT2D eigenvalue weighted by molar-refractivity contribution is 9.10. The van der Waals surface area contributed by atoms with Crippen molar-refractivity contribution in [2.45, 2.75) is 18.0 Å². The Balaban J connectivity index is 1.81. The lowest BCUT2D eigenvalue weighted by Gasteiger charge is -2.10. The number of amides is 1. The molecule has 0 aliphatic heterocycles. The highest BCUT2D eigenvalue weighted by Gasteiger charge is 2.05. The third-order valence-corrected chi connectivity index (χ3v) is 4.62. The van der Waals surface area contributed by atoms with Crippen molar-refractivity contribution in [2.24, 2.45) is 0 Å². The average Bonchev–Trinajstić information content (AvgIpc) is 2.54. The van der Waals surface area contributed by atoms with E-state index in [2.05, 4.69) is 21.2 Å². The number of carbonyl (C=O) groups is 1. The summed E-state index contributed by atoms with van der Waals surface area (Å²) in [6, 6.07) is 15.9. The van der Waals surface area contributed by atoms with Crippen LogP contribution in [0.3, 0.4) is 0 Å². The summed E-state index contributed by atoms with van der Waals surface area (Å²) in [6.45, 7) is 1.08. The summed E-state index contributed by atoms with van der Waals surface area (Å²) < 4.78 is 6.21. The van der Waals surface area contributed by atoms with Crippen molar-refractivity contribution in [1.82, 2.24) is 5.32 Å². The van der Waals surface area contributed by atoms with Gasteiger partial charge in [-0.2, -0.15) is 0 Å². The molecule has 0 bridgehead atoms. The maximum absolute atomic E-state index is 12.0. The third-order valence-electron chi connectivity index (χ3n) is 3.08. The molecule has 0 atom stereocenters. The van der Waals surface area contributed by atoms with Gasteiger partial charge in [0.25, 0.3) is 0 Å². The second kappa shape index (κ2) is 8.98. The van der Waals surface area contributed by atoms with Crippen molar-refractivity contribution >= 4 is 33.6 Å². The van der Waals surface area contributed by atoms with Crippen LogP contribution in [-0.4, -0.2) is 18.8 Å². The Morgan fingerprint density at radius 3 is 2.50 bits per heavy atom. The maximum atomic E-state index is 12.0. The first kappa shape index (κ1) is 17.1. The van der Waals surface area contributed by atoms with Gasteiger partial charge in [0.15, 0.2) is 0 Å². The Bertz CT molecular complexity index is 616. The number of halogens is 1. The molecular weight excluding hydrogens is 362 g/mol. The van der Waals surface area contributed by atoms with E-state index in [0.717, 1.165) is 20.5 Å². The van der Waals surface area contributed by atoms with Crippen LogP contribution in [0.2, 0.25) is 0 Å². The van der Waals surface area contributed by atoms with Gasteiger partial charge in [-0.25, -0.2) is 0 Å². The number of thioether (sulfide) groups is 1. The summed E-state index contributed by atoms with van der Waals surface area (Å²) in [5.41, 5.74) is 2.19. The Morgan fingerprint density at radius 1 is 1.14 bits per heavy atom. The minimum Gasteiger partial charge on any atom is -0.380 e. The van der Waals surface area contributed by atoms with E-state index in [4.69, 9.17) is 4.74 Å². The van der Waals surface area contributed by atoms with Gasteiger partial charge in [-0.15, -0.1) is 11.8 Å². The lowest BCUT2D eigenvalue weighted by molar-refractivity contribution is -0.118. The normalized spacial score (nSPS) is 10.5. The Hall–Kier alpha value is -1.30. The molecule has 2 rings (SSSR count). The largest absolute Gasteiger partial charge is 0.380 e. The quantitative estimate of drug-likeness (QED) is 0.738. The second-order valence-electron chi connectivity index (χ2n) is 4.72. The van der Waals surface area contributed by atoms with Crippen molar-refractivity contribution in [3.8, 4) is 0 Å². The van der Waals surface area contributed by atoms with E-state index in [9.17, 15) is 4.79 Å². The summed E-state index contributed by atoms with van der Waals surface area (Å²) in [6.07, 6.45) is 0. The second-order valence-corrected chi connectivity index (χ2v) is 6.69. The molecule has 0 saturated heterocycles. The molecule has 0 fully saturated rings. The summed E-state index contributed by atoms with van der Waals surface area (Å²) in [5, 5.41) is 2.95. The fourth-order valence-electron chi connectivity index (χ4n) is 1.95. The average molecular weight is 380 g/mol. The van der Waals surface area contributed by atoms with E-state index in [0.29, 0.717) is 18.9 Å². The number of hydrogen-bond donors (Lipinski definition) is 1. The van der Waals surface area contributed by atoms with Crippen molar-refractivity contribution in [1.29, 1.82) is 0 Å². The van der Waals surface area contributed by atoms with Gasteiger partial charge in [0.05, 0.1) is 12.4 Å². The van der Waals surface area contributed by atoms with E-state index in [1.165, 1.54) is 11.8 Å². The van der Waals surface area contributed by atoms with Gasteiger partial charge >= 0.3 is 0 Å². The molecule has 0 heterocycles. The van der Waals surface area contributed by atoms with Crippen LogP contribution < -0.4 is 5.32 Å². The summed E-state index contributed by atoms with van der Waals surface area (Å²) in [7, 11) is 1.67. The molecule has 5 heteroatoms. The molecule has 22 heavy (non-hydrogen) atoms. The zero-order chi connectivity index (χ0) is 15.8. The van der Waals surface area contributed by atoms with Gasteiger partial charge in [0.1, 0.15) is 0 Å². The Kier molecular flexibility index (Phi) is 6.96. The van der Waals surface area contributed by atoms with Crippen molar-refractivity contribution in [3.63, 3.8) is 0 Å². The Morgan fingerprint density at radius 2 is 1.82 bits per heavy atom. The number of carbonyl (C=O) groups excluding carboxylic acids is 1. The summed E-state index contributed by atoms with van der Waals surface area (Å²) in [5.74, 6) is 0.439. The first-order valence-corrected chi connectivity index (χ1v) is 8.67. The highest BCUT2D eigenvalue weighted by atomic mass is 79.9. The molecule has 0 aliphatic carbocycles. The van der Waals surface area contributed by atoms with Crippen LogP contribution in [0.4, 0.5) is 0 Å². The van der Waals surface area contributed by atoms with Gasteiger partial charge in [-0.05, 0) is 35.4 Å². The van der Waals surface area contributed by atoms with Crippen molar-refractivity contribution in [3.05, 3.63) is 64.1 Å². The Labute approximate surface area is 143 Å². The van der Waals surface area contributed by atoms with Crippen LogP contribution in [0.1, 0.15) is 11.1 Å². The fraction of sp³-hybridized carbons (Fsp3) is 0.235. The molecule has 0 unspecified atom stereocenters. The summed E-state index contributed by atoms with van der Waals surface area (Å²) in [4.78, 5) is 13.0. The summed E-state index contributed by atoms with van der Waals surface area (Å²) >= 11 is 4.93. The number of nitrogens with one attached hydrogen (secondary N) is 1. The minimum absolute atomic E-state index is 0.0279. The van der Waals surface area contributed by atoms with Gasteiger partial charge in [0, 0.05) is 23.0 Å². The smallest absolute Gasteiger partial charge is 0.230 e. The molecule has 3 nitrogen and oxygen atoms in total. The molecule has 0 saturated carbocycles. The molecule has 0 aromatic heterocycles. The van der Waals surface area contributed by atoms with E-state index in [1.807, 2.05) is 48.5 Å². The third kappa shape index (κ3) is 5.48. The molecule has 2 aromatic carbocycles. The SMILES string of the molecule is COCc1ccccc1CNC(=O)CSc1ccc(Br)cc1. The fourth-order valence-corrected chi connectivity index (χ4v) is 2.94. The van der Waals surface area contributed by atoms with Gasteiger partial charge in [-0.1, -0.05) is 40.2 Å².